The number of carbonyl (C=O) groups is 1. The quantitative estimate of drug-likeness (QED) is 0.155. The Labute approximate surface area is 220 Å². The lowest BCUT2D eigenvalue weighted by molar-refractivity contribution is -0.445. The summed E-state index contributed by atoms with van der Waals surface area (Å²) in [7, 11) is 0. The van der Waals surface area contributed by atoms with Crippen molar-refractivity contribution in [1.82, 2.24) is 0 Å². The summed E-state index contributed by atoms with van der Waals surface area (Å²) in [4.78, 5) is 16.9. The smallest absolute Gasteiger partial charge is 0.399 e. The van der Waals surface area contributed by atoms with Crippen molar-refractivity contribution in [1.29, 1.82) is 0 Å². The molecule has 4 nitrogen and oxygen atoms in total. The summed E-state index contributed by atoms with van der Waals surface area (Å²) in [6.07, 6.45) is -18.5. The zero-order chi connectivity index (χ0) is 30.2. The highest BCUT2D eigenvalue weighted by molar-refractivity contribution is 5.87. The van der Waals surface area contributed by atoms with Gasteiger partial charge in [0.05, 0.1) is 0 Å². The molecule has 0 aromatic heterocycles. The van der Waals surface area contributed by atoms with Gasteiger partial charge < -0.3 is 9.47 Å². The van der Waals surface area contributed by atoms with E-state index in [0.29, 0.717) is 5.56 Å². The summed E-state index contributed by atoms with van der Waals surface area (Å²) >= 11 is 0. The topological polar surface area (TPSA) is 47.9 Å². The highest BCUT2D eigenvalue weighted by Crippen LogP contribution is 2.55. The molecule has 0 N–H and O–H groups in total. The average molecular weight is 578 g/mol. The number of ether oxygens (including phenoxy) is 2. The van der Waals surface area contributed by atoms with Crippen LogP contribution in [-0.2, 0) is 15.6 Å². The fraction of sp³-hybridized carbons (Fsp3) is 0.692. The van der Waals surface area contributed by atoms with Gasteiger partial charge in [-0.15, -0.1) is 0 Å². The summed E-state index contributed by atoms with van der Waals surface area (Å²) in [6.45, 7) is 10.4. The maximum atomic E-state index is 13.3. The first kappa shape index (κ1) is 32.7. The number of alkyl halides is 9. The maximum Gasteiger partial charge on any atom is 0.515 e. The van der Waals surface area contributed by atoms with Crippen LogP contribution < -0.4 is 4.74 Å². The third-order valence-corrected chi connectivity index (χ3v) is 6.41. The Kier molecular flexibility index (Phi) is 9.10. The summed E-state index contributed by atoms with van der Waals surface area (Å²) < 4.78 is 128. The van der Waals surface area contributed by atoms with E-state index in [2.05, 4.69) is 9.73 Å². The van der Waals surface area contributed by atoms with Crippen molar-refractivity contribution in [2.75, 3.05) is 0 Å². The number of rotatable bonds is 4. The Balaban J connectivity index is 2.70. The van der Waals surface area contributed by atoms with Gasteiger partial charge >= 0.3 is 30.3 Å². The van der Waals surface area contributed by atoms with Crippen LogP contribution in [0.4, 0.5) is 44.3 Å². The lowest BCUT2D eigenvalue weighted by Crippen LogP contribution is -2.68. The molecule has 0 saturated heterocycles. The van der Waals surface area contributed by atoms with Crippen LogP contribution in [0.2, 0.25) is 0 Å². The van der Waals surface area contributed by atoms with Crippen molar-refractivity contribution in [3.8, 4) is 5.75 Å². The molecule has 0 heterocycles. The molecule has 39 heavy (non-hydrogen) atoms. The first-order valence-corrected chi connectivity index (χ1v) is 12.2. The van der Waals surface area contributed by atoms with Crippen LogP contribution in [0.1, 0.15) is 90.3 Å². The third-order valence-electron chi connectivity index (χ3n) is 6.41. The molecule has 1 aromatic rings. The van der Waals surface area contributed by atoms with E-state index in [9.17, 15) is 44.3 Å². The van der Waals surface area contributed by atoms with Gasteiger partial charge in [-0.05, 0) is 35.3 Å². The number of halogens is 9. The molecule has 222 valence electrons. The standard InChI is InChI=1S/C26H32F9NO3/c1-21(2,3)16-12-15(14-36-17-10-8-7-9-11-17)19(18(13-16)22(4,5)6)38-20(37)39-23(24(27,28)29,25(30,31)32)26(33,34)35/h12-14,17H,7-11H2,1-6H3. The van der Waals surface area contributed by atoms with Crippen molar-refractivity contribution in [2.24, 2.45) is 4.99 Å². The minimum atomic E-state index is -7.09. The van der Waals surface area contributed by atoms with Crippen molar-refractivity contribution in [2.45, 2.75) is 115 Å². The number of carbonyl (C=O) groups excluding carboxylic acids is 1. The van der Waals surface area contributed by atoms with Gasteiger partial charge in [-0.1, -0.05) is 66.9 Å². The zero-order valence-corrected chi connectivity index (χ0v) is 22.4. The summed E-state index contributed by atoms with van der Waals surface area (Å²) in [5.41, 5.74) is -7.41. The molecule has 1 aliphatic carbocycles. The number of benzene rings is 1. The highest BCUT2D eigenvalue weighted by atomic mass is 19.4. The van der Waals surface area contributed by atoms with Crippen LogP contribution in [0.3, 0.4) is 0 Å². The van der Waals surface area contributed by atoms with Gasteiger partial charge in [0.15, 0.2) is 0 Å². The van der Waals surface area contributed by atoms with E-state index in [1.807, 2.05) is 20.8 Å². The van der Waals surface area contributed by atoms with Gasteiger partial charge in [0.1, 0.15) is 5.75 Å². The Morgan fingerprint density at radius 1 is 0.795 bits per heavy atom. The molecule has 0 radical (unpaired) electrons. The number of aliphatic imine (C=N–C) groups is 1. The summed E-state index contributed by atoms with van der Waals surface area (Å²) in [6, 6.07) is 2.89. The normalized spacial score (nSPS) is 17.0. The second kappa shape index (κ2) is 10.8. The van der Waals surface area contributed by atoms with Crippen molar-refractivity contribution < 1.29 is 53.8 Å². The van der Waals surface area contributed by atoms with Crippen LogP contribution in [0.15, 0.2) is 17.1 Å². The SMILES string of the molecule is CC(C)(C)c1cc(C=NC2CCCCC2)c(OC(=O)OC(C(F)(F)F)(C(F)(F)F)C(F)(F)F)c(C(C)(C)C)c1. The third kappa shape index (κ3) is 7.19. The van der Waals surface area contributed by atoms with E-state index in [-0.39, 0.29) is 17.2 Å². The lowest BCUT2D eigenvalue weighted by Gasteiger charge is -2.37. The molecule has 1 fully saturated rings. The summed E-state index contributed by atoms with van der Waals surface area (Å²) in [5, 5.41) is 0. The fourth-order valence-corrected chi connectivity index (χ4v) is 4.15. The van der Waals surface area contributed by atoms with Crippen LogP contribution in [-0.4, -0.2) is 42.5 Å². The van der Waals surface area contributed by atoms with Crippen LogP contribution in [0.5, 0.6) is 5.75 Å². The van der Waals surface area contributed by atoms with Crippen molar-refractivity contribution in [3.63, 3.8) is 0 Å². The number of hydrogen-bond acceptors (Lipinski definition) is 4. The Bertz CT molecular complexity index is 1020. The van der Waals surface area contributed by atoms with Gasteiger partial charge in [-0.25, -0.2) is 4.79 Å². The predicted molar refractivity (Wildman–Crippen MR) is 126 cm³/mol. The molecular formula is C26H32F9NO3. The first-order valence-electron chi connectivity index (χ1n) is 12.2. The highest BCUT2D eigenvalue weighted by Gasteiger charge is 2.87. The number of nitrogens with zero attached hydrogens (tertiary/aromatic N) is 1. The molecule has 0 atom stereocenters. The van der Waals surface area contributed by atoms with E-state index in [1.54, 1.807) is 20.8 Å². The Morgan fingerprint density at radius 3 is 1.69 bits per heavy atom. The predicted octanol–water partition coefficient (Wildman–Crippen LogP) is 8.97. The second-order valence-corrected chi connectivity index (χ2v) is 11.6. The zero-order valence-electron chi connectivity index (χ0n) is 22.4. The molecule has 0 unspecified atom stereocenters. The summed E-state index contributed by atoms with van der Waals surface area (Å²) in [5.74, 6) is -0.541. The Morgan fingerprint density at radius 2 is 1.28 bits per heavy atom. The fourth-order valence-electron chi connectivity index (χ4n) is 4.15. The van der Waals surface area contributed by atoms with E-state index < -0.39 is 46.9 Å². The molecule has 0 amide bonds. The van der Waals surface area contributed by atoms with Gasteiger partial charge in [0.2, 0.25) is 0 Å². The molecule has 1 saturated carbocycles. The second-order valence-electron chi connectivity index (χ2n) is 11.6. The molecule has 2 rings (SSSR count). The van der Waals surface area contributed by atoms with Crippen LogP contribution >= 0.6 is 0 Å². The van der Waals surface area contributed by atoms with E-state index >= 15 is 0 Å². The van der Waals surface area contributed by atoms with E-state index in [1.165, 1.54) is 18.3 Å². The van der Waals surface area contributed by atoms with Crippen molar-refractivity contribution >= 4 is 12.4 Å². The minimum Gasteiger partial charge on any atom is -0.399 e. The molecule has 13 heteroatoms. The first-order chi connectivity index (χ1) is 17.4. The Hall–Kier alpha value is -2.47. The van der Waals surface area contributed by atoms with Gasteiger partial charge in [0, 0.05) is 23.4 Å². The van der Waals surface area contributed by atoms with Gasteiger partial charge in [0.25, 0.3) is 0 Å². The molecule has 0 spiro atoms. The van der Waals surface area contributed by atoms with E-state index in [0.717, 1.165) is 32.1 Å². The minimum absolute atomic E-state index is 0.00602. The number of hydrogen-bond donors (Lipinski definition) is 0. The van der Waals surface area contributed by atoms with Crippen LogP contribution in [0.25, 0.3) is 0 Å². The molecule has 1 aliphatic rings. The maximum absolute atomic E-state index is 13.3. The van der Waals surface area contributed by atoms with Crippen LogP contribution in [0, 0.1) is 0 Å². The molecule has 1 aromatic carbocycles. The lowest BCUT2D eigenvalue weighted by atomic mass is 9.79. The molecule has 0 aliphatic heterocycles. The van der Waals surface area contributed by atoms with Gasteiger partial charge in [-0.3, -0.25) is 4.99 Å². The van der Waals surface area contributed by atoms with E-state index in [4.69, 9.17) is 4.74 Å². The molecule has 0 bridgehead atoms. The largest absolute Gasteiger partial charge is 0.515 e. The monoisotopic (exact) mass is 577 g/mol. The van der Waals surface area contributed by atoms with Crippen molar-refractivity contribution in [3.05, 3.63) is 28.8 Å². The average Bonchev–Trinajstić information content (AvgIpc) is 2.73. The van der Waals surface area contributed by atoms with Gasteiger partial charge in [-0.2, -0.15) is 39.5 Å². The molecular weight excluding hydrogens is 545 g/mol.